The maximum absolute atomic E-state index is 12.2. The van der Waals surface area contributed by atoms with Crippen LogP contribution in [0.15, 0.2) is 76.3 Å². The second kappa shape index (κ2) is 11.3. The van der Waals surface area contributed by atoms with E-state index >= 15 is 0 Å². The number of amides is 1. The molecule has 1 N–H and O–H groups in total. The quantitative estimate of drug-likeness (QED) is 0.200. The number of hydrogen-bond acceptors (Lipinski definition) is 6. The summed E-state index contributed by atoms with van der Waals surface area (Å²) >= 11 is 9.19. The molecule has 0 aliphatic carbocycles. The number of halogens is 2. The zero-order chi connectivity index (χ0) is 22.9. The highest BCUT2D eigenvalue weighted by molar-refractivity contribution is 9.10. The molecule has 0 spiro atoms. The third-order valence-electron chi connectivity index (χ3n) is 4.06. The Morgan fingerprint density at radius 1 is 1.03 bits per heavy atom. The van der Waals surface area contributed by atoms with Crippen LogP contribution in [0.2, 0.25) is 5.02 Å². The van der Waals surface area contributed by atoms with Gasteiger partial charge >= 0.3 is 5.97 Å². The number of ether oxygens (including phenoxy) is 3. The van der Waals surface area contributed by atoms with Crippen LogP contribution in [-0.4, -0.2) is 31.8 Å². The van der Waals surface area contributed by atoms with Crippen molar-refractivity contribution >= 4 is 45.6 Å². The van der Waals surface area contributed by atoms with E-state index in [0.29, 0.717) is 32.1 Å². The molecule has 0 aliphatic heterocycles. The van der Waals surface area contributed by atoms with Gasteiger partial charge in [0.05, 0.1) is 23.4 Å². The molecule has 0 saturated heterocycles. The average molecular weight is 518 g/mol. The van der Waals surface area contributed by atoms with Gasteiger partial charge in [0, 0.05) is 5.02 Å². The summed E-state index contributed by atoms with van der Waals surface area (Å²) in [5, 5.41) is 4.45. The number of hydrazone groups is 1. The van der Waals surface area contributed by atoms with E-state index in [4.69, 9.17) is 25.8 Å². The lowest BCUT2D eigenvalue weighted by atomic mass is 10.2. The third-order valence-corrected chi connectivity index (χ3v) is 4.91. The first-order chi connectivity index (χ1) is 15.5. The molecule has 0 fully saturated rings. The molecule has 0 unspecified atom stereocenters. The first kappa shape index (κ1) is 23.3. The largest absolute Gasteiger partial charge is 0.493 e. The predicted octanol–water partition coefficient (Wildman–Crippen LogP) is 4.86. The summed E-state index contributed by atoms with van der Waals surface area (Å²) in [5.41, 5.74) is 3.43. The van der Waals surface area contributed by atoms with E-state index < -0.39 is 11.9 Å². The van der Waals surface area contributed by atoms with E-state index in [2.05, 4.69) is 26.5 Å². The zero-order valence-corrected chi connectivity index (χ0v) is 19.2. The zero-order valence-electron chi connectivity index (χ0n) is 16.9. The van der Waals surface area contributed by atoms with Crippen molar-refractivity contribution in [2.45, 2.75) is 0 Å². The second-order valence-corrected chi connectivity index (χ2v) is 7.61. The van der Waals surface area contributed by atoms with Crippen LogP contribution in [0.5, 0.6) is 17.2 Å². The number of hydrogen-bond donors (Lipinski definition) is 1. The number of methoxy groups -OCH3 is 1. The van der Waals surface area contributed by atoms with Crippen molar-refractivity contribution in [3.8, 4) is 17.2 Å². The van der Waals surface area contributed by atoms with Crippen LogP contribution in [0.1, 0.15) is 15.9 Å². The Bertz CT molecular complexity index is 1140. The summed E-state index contributed by atoms with van der Waals surface area (Å²) in [6.45, 7) is -0.227. The van der Waals surface area contributed by atoms with Gasteiger partial charge in [0.1, 0.15) is 5.75 Å². The van der Waals surface area contributed by atoms with Crippen molar-refractivity contribution in [2.24, 2.45) is 5.10 Å². The van der Waals surface area contributed by atoms with Gasteiger partial charge in [-0.25, -0.2) is 10.2 Å². The SMILES string of the molecule is COc1cc(/C=N/NC(=O)COc2ccc(Cl)cc2Br)ccc1OC(=O)c1ccccc1. The molecule has 0 atom stereocenters. The highest BCUT2D eigenvalue weighted by atomic mass is 79.9. The molecule has 32 heavy (non-hydrogen) atoms. The Morgan fingerprint density at radius 2 is 1.78 bits per heavy atom. The van der Waals surface area contributed by atoms with Crippen LogP contribution in [-0.2, 0) is 4.79 Å². The fourth-order valence-corrected chi connectivity index (χ4v) is 3.33. The second-order valence-electron chi connectivity index (χ2n) is 6.32. The van der Waals surface area contributed by atoms with E-state index in [1.54, 1.807) is 60.7 Å². The third kappa shape index (κ3) is 6.57. The van der Waals surface area contributed by atoms with Gasteiger partial charge in [-0.1, -0.05) is 29.8 Å². The van der Waals surface area contributed by atoms with Gasteiger partial charge in [-0.3, -0.25) is 4.79 Å². The molecule has 164 valence electrons. The summed E-state index contributed by atoms with van der Waals surface area (Å²) in [7, 11) is 1.46. The standard InChI is InChI=1S/C23H18BrClN2O5/c1-30-21-11-15(7-9-20(21)32-23(29)16-5-3-2-4-6-16)13-26-27-22(28)14-31-19-10-8-17(25)12-18(19)24/h2-13H,14H2,1H3,(H,27,28)/b26-13+. The van der Waals surface area contributed by atoms with Gasteiger partial charge in [0.2, 0.25) is 0 Å². The van der Waals surface area contributed by atoms with Gasteiger partial charge in [-0.2, -0.15) is 5.10 Å². The van der Waals surface area contributed by atoms with E-state index in [-0.39, 0.29) is 12.4 Å². The van der Waals surface area contributed by atoms with Gasteiger partial charge in [0.15, 0.2) is 18.1 Å². The molecule has 3 rings (SSSR count). The van der Waals surface area contributed by atoms with Crippen molar-refractivity contribution in [3.05, 3.63) is 87.4 Å². The molecule has 3 aromatic rings. The Balaban J connectivity index is 1.56. The molecule has 0 bridgehead atoms. The maximum Gasteiger partial charge on any atom is 0.343 e. The van der Waals surface area contributed by atoms with Crippen LogP contribution in [0.25, 0.3) is 0 Å². The fraction of sp³-hybridized carbons (Fsp3) is 0.0870. The smallest absolute Gasteiger partial charge is 0.343 e. The number of nitrogens with one attached hydrogen (secondary N) is 1. The van der Waals surface area contributed by atoms with Gasteiger partial charge in [-0.15, -0.1) is 0 Å². The van der Waals surface area contributed by atoms with Crippen molar-refractivity contribution in [1.29, 1.82) is 0 Å². The lowest BCUT2D eigenvalue weighted by molar-refractivity contribution is -0.123. The lowest BCUT2D eigenvalue weighted by Gasteiger charge is -2.10. The van der Waals surface area contributed by atoms with Gasteiger partial charge in [0.25, 0.3) is 5.91 Å². The van der Waals surface area contributed by atoms with E-state index in [1.807, 2.05) is 6.07 Å². The topological polar surface area (TPSA) is 86.2 Å². The molecule has 9 heteroatoms. The van der Waals surface area contributed by atoms with Crippen molar-refractivity contribution < 1.29 is 23.8 Å². The van der Waals surface area contributed by atoms with Crippen LogP contribution in [0, 0.1) is 0 Å². The Labute approximate surface area is 198 Å². The molecule has 0 saturated carbocycles. The highest BCUT2D eigenvalue weighted by Crippen LogP contribution is 2.29. The van der Waals surface area contributed by atoms with Crippen molar-refractivity contribution in [1.82, 2.24) is 5.43 Å². The number of rotatable bonds is 8. The average Bonchev–Trinajstić information content (AvgIpc) is 2.80. The van der Waals surface area contributed by atoms with Crippen LogP contribution in [0.4, 0.5) is 0 Å². The maximum atomic E-state index is 12.2. The molecule has 7 nitrogen and oxygen atoms in total. The predicted molar refractivity (Wildman–Crippen MR) is 125 cm³/mol. The van der Waals surface area contributed by atoms with Gasteiger partial charge < -0.3 is 14.2 Å². The van der Waals surface area contributed by atoms with E-state index in [1.165, 1.54) is 13.3 Å². The van der Waals surface area contributed by atoms with Crippen molar-refractivity contribution in [2.75, 3.05) is 13.7 Å². The van der Waals surface area contributed by atoms with Crippen LogP contribution >= 0.6 is 27.5 Å². The van der Waals surface area contributed by atoms with E-state index in [0.717, 1.165) is 0 Å². The highest BCUT2D eigenvalue weighted by Gasteiger charge is 2.12. The van der Waals surface area contributed by atoms with Crippen molar-refractivity contribution in [3.63, 3.8) is 0 Å². The Kier molecular flexibility index (Phi) is 8.24. The molecule has 0 radical (unpaired) electrons. The number of nitrogens with zero attached hydrogens (tertiary/aromatic N) is 1. The molecular weight excluding hydrogens is 500 g/mol. The first-order valence-corrected chi connectivity index (χ1v) is 10.5. The fourth-order valence-electron chi connectivity index (χ4n) is 2.53. The van der Waals surface area contributed by atoms with Gasteiger partial charge in [-0.05, 0) is 70.0 Å². The van der Waals surface area contributed by atoms with Crippen LogP contribution < -0.4 is 19.6 Å². The summed E-state index contributed by atoms with van der Waals surface area (Å²) in [4.78, 5) is 24.2. The number of carbonyl (C=O) groups is 2. The summed E-state index contributed by atoms with van der Waals surface area (Å²) in [6.07, 6.45) is 1.43. The summed E-state index contributed by atoms with van der Waals surface area (Å²) < 4.78 is 16.8. The number of esters is 1. The molecule has 0 aliphatic rings. The number of benzene rings is 3. The first-order valence-electron chi connectivity index (χ1n) is 9.31. The normalized spacial score (nSPS) is 10.6. The monoisotopic (exact) mass is 516 g/mol. The summed E-state index contributed by atoms with van der Waals surface area (Å²) in [6, 6.07) is 18.5. The molecular formula is C23H18BrClN2O5. The Morgan fingerprint density at radius 3 is 2.50 bits per heavy atom. The molecule has 0 heterocycles. The Hall–Kier alpha value is -3.36. The van der Waals surface area contributed by atoms with Crippen LogP contribution in [0.3, 0.4) is 0 Å². The van der Waals surface area contributed by atoms with E-state index in [9.17, 15) is 9.59 Å². The molecule has 0 aromatic heterocycles. The minimum atomic E-state index is -0.495. The number of carbonyl (C=O) groups excluding carboxylic acids is 2. The molecule has 3 aromatic carbocycles. The lowest BCUT2D eigenvalue weighted by Crippen LogP contribution is -2.24. The summed E-state index contributed by atoms with van der Waals surface area (Å²) in [5.74, 6) is 0.164. The minimum Gasteiger partial charge on any atom is -0.493 e. The minimum absolute atomic E-state index is 0.227. The molecule has 1 amide bonds.